The minimum absolute atomic E-state index is 0. The van der Waals surface area contributed by atoms with E-state index < -0.39 is 0 Å². The van der Waals surface area contributed by atoms with E-state index in [1.807, 2.05) is 41.2 Å². The van der Waals surface area contributed by atoms with Gasteiger partial charge in [0.2, 0.25) is 0 Å². The summed E-state index contributed by atoms with van der Waals surface area (Å²) in [5.74, 6) is 2.77. The first-order valence-corrected chi connectivity index (χ1v) is 16.7. The van der Waals surface area contributed by atoms with Gasteiger partial charge >= 0.3 is 21.1 Å². The molecule has 3 aromatic heterocycles. The predicted octanol–water partition coefficient (Wildman–Crippen LogP) is 10.4. The first-order valence-electron chi connectivity index (χ1n) is 16.7. The number of pyridine rings is 1. The van der Waals surface area contributed by atoms with Gasteiger partial charge in [-0.1, -0.05) is 75.7 Å². The molecule has 4 aromatic carbocycles. The smallest absolute Gasteiger partial charge is 0.509 e. The van der Waals surface area contributed by atoms with Crippen molar-refractivity contribution in [2.45, 2.75) is 60.3 Å². The quantitative estimate of drug-likeness (QED) is 0.129. The molecule has 244 valence electrons. The third-order valence-corrected chi connectivity index (χ3v) is 8.84. The minimum Gasteiger partial charge on any atom is -0.509 e. The third-order valence-electron chi connectivity index (χ3n) is 8.84. The molecular weight excluding hydrogens is 772 g/mol. The van der Waals surface area contributed by atoms with Gasteiger partial charge in [0.15, 0.2) is 0 Å². The number of aryl methyl sites for hydroxylation is 3. The molecular formula is C42H40N4OPt. The van der Waals surface area contributed by atoms with Gasteiger partial charge in [-0.2, -0.15) is 17.2 Å². The average Bonchev–Trinajstić information content (AvgIpc) is 3.63. The number of aromatic nitrogens is 4. The average molecular weight is 812 g/mol. The SMILES string of the molecule is CCc1nn(-c2[c-]c(Oc3[c-]c4c(cc3)c3cc(CCC(C)C)ccc3n4-c3cc(C)ccn3)ccc2)c(CC)c1-c1ccccc1.[Pt+2]. The molecule has 0 aliphatic carbocycles. The monoisotopic (exact) mass is 811 g/mol. The van der Waals surface area contributed by atoms with Gasteiger partial charge in [-0.25, -0.2) is 4.98 Å². The second-order valence-corrected chi connectivity index (χ2v) is 12.7. The maximum absolute atomic E-state index is 6.48. The molecule has 7 aromatic rings. The number of hydrogen-bond donors (Lipinski definition) is 0. The van der Waals surface area contributed by atoms with Crippen LogP contribution in [-0.4, -0.2) is 19.3 Å². The summed E-state index contributed by atoms with van der Waals surface area (Å²) in [6.45, 7) is 11.0. The summed E-state index contributed by atoms with van der Waals surface area (Å²) in [6.07, 6.45) is 5.78. The molecule has 0 aliphatic heterocycles. The Morgan fingerprint density at radius 1 is 0.812 bits per heavy atom. The fraction of sp³-hybridized carbons (Fsp3) is 0.238. The van der Waals surface area contributed by atoms with E-state index in [2.05, 4.69) is 112 Å². The van der Waals surface area contributed by atoms with Crippen molar-refractivity contribution in [2.24, 2.45) is 5.92 Å². The van der Waals surface area contributed by atoms with Crippen molar-refractivity contribution in [3.8, 4) is 34.1 Å². The second kappa shape index (κ2) is 14.3. The molecule has 0 spiro atoms. The van der Waals surface area contributed by atoms with Crippen LogP contribution in [0.4, 0.5) is 0 Å². The number of ether oxygens (including phenoxy) is 1. The van der Waals surface area contributed by atoms with Gasteiger partial charge in [0, 0.05) is 34.5 Å². The Balaban J connectivity index is 0.00000401. The van der Waals surface area contributed by atoms with Crippen molar-refractivity contribution in [2.75, 3.05) is 0 Å². The molecule has 0 N–H and O–H groups in total. The van der Waals surface area contributed by atoms with E-state index >= 15 is 0 Å². The number of nitrogens with zero attached hydrogens (tertiary/aromatic N) is 4. The Bertz CT molecular complexity index is 2200. The van der Waals surface area contributed by atoms with Crippen LogP contribution in [0, 0.1) is 25.0 Å². The molecule has 0 aliphatic rings. The van der Waals surface area contributed by atoms with Gasteiger partial charge in [0.25, 0.3) is 0 Å². The van der Waals surface area contributed by atoms with E-state index in [-0.39, 0.29) is 21.1 Å². The summed E-state index contributed by atoms with van der Waals surface area (Å²) >= 11 is 0. The van der Waals surface area contributed by atoms with Crippen LogP contribution in [0.5, 0.6) is 11.5 Å². The van der Waals surface area contributed by atoms with Crippen molar-refractivity contribution >= 4 is 21.8 Å². The van der Waals surface area contributed by atoms with E-state index in [4.69, 9.17) is 14.8 Å². The summed E-state index contributed by atoms with van der Waals surface area (Å²) < 4.78 is 10.7. The van der Waals surface area contributed by atoms with Crippen LogP contribution in [0.2, 0.25) is 0 Å². The maximum atomic E-state index is 6.48. The largest absolute Gasteiger partial charge is 2.00 e. The van der Waals surface area contributed by atoms with Crippen LogP contribution < -0.4 is 4.74 Å². The second-order valence-electron chi connectivity index (χ2n) is 12.7. The Hall–Kier alpha value is -4.47. The molecule has 3 heterocycles. The fourth-order valence-electron chi connectivity index (χ4n) is 6.48. The molecule has 0 bridgehead atoms. The number of hydrogen-bond acceptors (Lipinski definition) is 3. The van der Waals surface area contributed by atoms with Crippen LogP contribution in [0.25, 0.3) is 44.4 Å². The van der Waals surface area contributed by atoms with Crippen molar-refractivity contribution in [3.63, 3.8) is 0 Å². The van der Waals surface area contributed by atoms with Crippen LogP contribution in [-0.2, 0) is 40.3 Å². The van der Waals surface area contributed by atoms with Gasteiger partial charge < -0.3 is 9.30 Å². The summed E-state index contributed by atoms with van der Waals surface area (Å²) in [6, 6.07) is 38.7. The molecule has 0 atom stereocenters. The molecule has 0 fully saturated rings. The molecule has 5 nitrogen and oxygen atoms in total. The Morgan fingerprint density at radius 2 is 1.62 bits per heavy atom. The van der Waals surface area contributed by atoms with Crippen LogP contribution in [0.15, 0.2) is 97.2 Å². The van der Waals surface area contributed by atoms with Crippen molar-refractivity contribution in [1.29, 1.82) is 0 Å². The van der Waals surface area contributed by atoms with Gasteiger partial charge in [0.1, 0.15) is 5.82 Å². The molecule has 6 heteroatoms. The standard InChI is InChI=1S/C42H40N4O.Pt/c1-6-37-42(31-12-9-8-10-13-31)38(7-2)46(44-37)32-14-11-15-33(26-32)47-34-19-20-35-36-25-30(17-16-28(3)4)18-21-39(36)45(40(35)27-34)41-24-29(5)22-23-43-41;/h8-15,18-25,28H,6-7,16-17H2,1-5H3;/q-2;+2. The van der Waals surface area contributed by atoms with Crippen molar-refractivity contribution < 1.29 is 25.8 Å². The Kier molecular flexibility index (Phi) is 9.98. The van der Waals surface area contributed by atoms with Crippen LogP contribution in [0.1, 0.15) is 56.6 Å². The zero-order valence-corrected chi connectivity index (χ0v) is 30.4. The zero-order chi connectivity index (χ0) is 32.5. The van der Waals surface area contributed by atoms with Gasteiger partial charge in [-0.3, -0.25) is 4.68 Å². The first kappa shape index (κ1) is 33.4. The van der Waals surface area contributed by atoms with E-state index in [1.54, 1.807) is 0 Å². The molecule has 7 rings (SSSR count). The van der Waals surface area contributed by atoms with E-state index in [0.717, 1.165) is 70.6 Å². The third kappa shape index (κ3) is 6.49. The van der Waals surface area contributed by atoms with Crippen molar-refractivity contribution in [1.82, 2.24) is 19.3 Å². The summed E-state index contributed by atoms with van der Waals surface area (Å²) in [5, 5.41) is 7.38. The van der Waals surface area contributed by atoms with Crippen molar-refractivity contribution in [3.05, 3.63) is 132 Å². The summed E-state index contributed by atoms with van der Waals surface area (Å²) in [5.41, 5.74) is 10.0. The maximum Gasteiger partial charge on any atom is 2.00 e. The zero-order valence-electron chi connectivity index (χ0n) is 28.2. The van der Waals surface area contributed by atoms with Crippen LogP contribution in [0.3, 0.4) is 0 Å². The van der Waals surface area contributed by atoms with E-state index in [1.165, 1.54) is 22.1 Å². The van der Waals surface area contributed by atoms with Crippen LogP contribution >= 0.6 is 0 Å². The van der Waals surface area contributed by atoms with Gasteiger partial charge in [-0.15, -0.1) is 35.7 Å². The Labute approximate surface area is 297 Å². The first-order chi connectivity index (χ1) is 22.9. The predicted molar refractivity (Wildman–Crippen MR) is 192 cm³/mol. The fourth-order valence-corrected chi connectivity index (χ4v) is 6.48. The van der Waals surface area contributed by atoms with E-state index in [9.17, 15) is 0 Å². The molecule has 0 radical (unpaired) electrons. The summed E-state index contributed by atoms with van der Waals surface area (Å²) in [7, 11) is 0. The number of benzene rings is 4. The van der Waals surface area contributed by atoms with Gasteiger partial charge in [-0.05, 0) is 84.5 Å². The van der Waals surface area contributed by atoms with E-state index in [0.29, 0.717) is 17.4 Å². The molecule has 0 amide bonds. The molecule has 0 unspecified atom stereocenters. The minimum atomic E-state index is 0. The molecule has 48 heavy (non-hydrogen) atoms. The number of fused-ring (bicyclic) bond motifs is 3. The Morgan fingerprint density at radius 3 is 2.38 bits per heavy atom. The van der Waals surface area contributed by atoms with Gasteiger partial charge in [0.05, 0.1) is 5.69 Å². The molecule has 0 saturated heterocycles. The normalized spacial score (nSPS) is 11.4. The molecule has 0 saturated carbocycles. The number of rotatable bonds is 10. The summed E-state index contributed by atoms with van der Waals surface area (Å²) in [4.78, 5) is 4.76. The topological polar surface area (TPSA) is 44.9 Å².